The van der Waals surface area contributed by atoms with E-state index in [1.165, 1.54) is 13.2 Å². The predicted octanol–water partition coefficient (Wildman–Crippen LogP) is 2.71. The average molecular weight is 279 g/mol. The Balaban J connectivity index is 2.06. The van der Waals surface area contributed by atoms with Crippen LogP contribution in [0.1, 0.15) is 31.4 Å². The van der Waals surface area contributed by atoms with Crippen molar-refractivity contribution in [1.29, 1.82) is 0 Å². The number of carbonyl (C=O) groups is 1. The Hall–Kier alpha value is -2.04. The van der Waals surface area contributed by atoms with Crippen LogP contribution in [-0.2, 0) is 9.53 Å². The van der Waals surface area contributed by atoms with E-state index in [0.29, 0.717) is 12.4 Å². The lowest BCUT2D eigenvalue weighted by Gasteiger charge is -2.19. The molecule has 20 heavy (non-hydrogen) atoms. The van der Waals surface area contributed by atoms with Crippen LogP contribution in [0.15, 0.2) is 30.0 Å². The van der Waals surface area contributed by atoms with Crippen molar-refractivity contribution in [2.75, 3.05) is 13.7 Å². The number of nitrogens with one attached hydrogen (secondary N) is 1. The molecule has 0 bridgehead atoms. The van der Waals surface area contributed by atoms with Crippen molar-refractivity contribution in [3.8, 4) is 5.75 Å². The third kappa shape index (κ3) is 3.29. The van der Waals surface area contributed by atoms with Crippen molar-refractivity contribution in [2.24, 2.45) is 0 Å². The molecule has 1 heterocycles. The van der Waals surface area contributed by atoms with Crippen molar-refractivity contribution in [3.05, 3.63) is 41.4 Å². The molecular weight excluding hydrogens is 261 g/mol. The molecule has 0 saturated carbocycles. The van der Waals surface area contributed by atoms with Gasteiger partial charge in [-0.25, -0.2) is 4.39 Å². The van der Waals surface area contributed by atoms with Gasteiger partial charge in [0.05, 0.1) is 19.8 Å². The Morgan fingerprint density at radius 2 is 2.30 bits per heavy atom. The molecule has 1 aromatic rings. The van der Waals surface area contributed by atoms with Gasteiger partial charge in [0.25, 0.3) is 5.91 Å². The Kier molecular flexibility index (Phi) is 4.61. The van der Waals surface area contributed by atoms with Gasteiger partial charge in [0.2, 0.25) is 0 Å². The Bertz CT molecular complexity index is 528. The second-order valence-electron chi connectivity index (χ2n) is 4.65. The van der Waals surface area contributed by atoms with Crippen LogP contribution in [0.3, 0.4) is 0 Å². The topological polar surface area (TPSA) is 47.6 Å². The molecule has 108 valence electrons. The predicted molar refractivity (Wildman–Crippen MR) is 72.8 cm³/mol. The standard InChI is InChI=1S/C15H18FNO3/c1-10(11-6-7-12(16)14(9-11)19-2)17-15(18)13-5-3-4-8-20-13/h5-7,9-10H,3-4,8H2,1-2H3,(H,17,18). The first-order valence-electron chi connectivity index (χ1n) is 6.59. The highest BCUT2D eigenvalue weighted by Crippen LogP contribution is 2.23. The molecule has 5 heteroatoms. The molecule has 0 radical (unpaired) electrons. The minimum atomic E-state index is -0.423. The molecule has 0 spiro atoms. The summed E-state index contributed by atoms with van der Waals surface area (Å²) in [5.41, 5.74) is 0.771. The summed E-state index contributed by atoms with van der Waals surface area (Å²) in [4.78, 5) is 12.0. The summed E-state index contributed by atoms with van der Waals surface area (Å²) < 4.78 is 23.6. The highest BCUT2D eigenvalue weighted by Gasteiger charge is 2.17. The van der Waals surface area contributed by atoms with E-state index < -0.39 is 5.82 Å². The molecule has 1 atom stereocenters. The summed E-state index contributed by atoms with van der Waals surface area (Å²) in [7, 11) is 1.41. The van der Waals surface area contributed by atoms with E-state index in [9.17, 15) is 9.18 Å². The molecule has 4 nitrogen and oxygen atoms in total. The van der Waals surface area contributed by atoms with Crippen molar-refractivity contribution < 1.29 is 18.7 Å². The van der Waals surface area contributed by atoms with Gasteiger partial charge in [-0.05, 0) is 43.5 Å². The number of halogens is 1. The van der Waals surface area contributed by atoms with Crippen LogP contribution in [0.4, 0.5) is 4.39 Å². The van der Waals surface area contributed by atoms with Crippen molar-refractivity contribution in [3.63, 3.8) is 0 Å². The zero-order valence-electron chi connectivity index (χ0n) is 11.6. The van der Waals surface area contributed by atoms with Gasteiger partial charge in [-0.1, -0.05) is 6.07 Å². The zero-order chi connectivity index (χ0) is 14.5. The Labute approximate surface area is 117 Å². The number of ether oxygens (including phenoxy) is 2. The third-order valence-corrected chi connectivity index (χ3v) is 3.18. The van der Waals surface area contributed by atoms with Crippen molar-refractivity contribution >= 4 is 5.91 Å². The monoisotopic (exact) mass is 279 g/mol. The summed E-state index contributed by atoms with van der Waals surface area (Å²) in [6, 6.07) is 4.27. The highest BCUT2D eigenvalue weighted by molar-refractivity contribution is 5.91. The van der Waals surface area contributed by atoms with E-state index in [4.69, 9.17) is 9.47 Å². The summed E-state index contributed by atoms with van der Waals surface area (Å²) >= 11 is 0. The first-order chi connectivity index (χ1) is 9.61. The van der Waals surface area contributed by atoms with Crippen LogP contribution in [0.5, 0.6) is 5.75 Å². The molecule has 2 rings (SSSR count). The van der Waals surface area contributed by atoms with E-state index in [1.54, 1.807) is 18.2 Å². The van der Waals surface area contributed by atoms with E-state index >= 15 is 0 Å². The maximum atomic E-state index is 13.3. The second-order valence-corrected chi connectivity index (χ2v) is 4.65. The quantitative estimate of drug-likeness (QED) is 0.921. The first-order valence-corrected chi connectivity index (χ1v) is 6.59. The number of amides is 1. The van der Waals surface area contributed by atoms with E-state index in [0.717, 1.165) is 18.4 Å². The van der Waals surface area contributed by atoms with Gasteiger partial charge in [0, 0.05) is 0 Å². The molecule has 0 saturated heterocycles. The van der Waals surface area contributed by atoms with Gasteiger partial charge >= 0.3 is 0 Å². The molecule has 1 aliphatic rings. The molecule has 1 N–H and O–H groups in total. The molecule has 1 aliphatic heterocycles. The third-order valence-electron chi connectivity index (χ3n) is 3.18. The number of carbonyl (C=O) groups excluding carboxylic acids is 1. The molecule has 0 fully saturated rings. The number of hydrogen-bond acceptors (Lipinski definition) is 3. The van der Waals surface area contributed by atoms with E-state index in [-0.39, 0.29) is 17.7 Å². The number of methoxy groups -OCH3 is 1. The lowest BCUT2D eigenvalue weighted by molar-refractivity contribution is -0.121. The molecule has 1 amide bonds. The molecule has 0 aliphatic carbocycles. The number of benzene rings is 1. The van der Waals surface area contributed by atoms with Crippen LogP contribution in [0, 0.1) is 5.82 Å². The minimum Gasteiger partial charge on any atom is -0.494 e. The number of hydrogen-bond donors (Lipinski definition) is 1. The summed E-state index contributed by atoms with van der Waals surface area (Å²) in [5.74, 6) is -0.150. The second kappa shape index (κ2) is 6.41. The van der Waals surface area contributed by atoms with Crippen LogP contribution in [-0.4, -0.2) is 19.6 Å². The first kappa shape index (κ1) is 14.4. The minimum absolute atomic E-state index is 0.164. The lowest BCUT2D eigenvalue weighted by Crippen LogP contribution is -2.29. The smallest absolute Gasteiger partial charge is 0.286 e. The van der Waals surface area contributed by atoms with Crippen molar-refractivity contribution in [2.45, 2.75) is 25.8 Å². The van der Waals surface area contributed by atoms with Gasteiger partial charge in [-0.2, -0.15) is 0 Å². The Morgan fingerprint density at radius 3 is 2.95 bits per heavy atom. The van der Waals surface area contributed by atoms with E-state index in [1.807, 2.05) is 6.92 Å². The van der Waals surface area contributed by atoms with Gasteiger partial charge < -0.3 is 14.8 Å². The van der Waals surface area contributed by atoms with Crippen LogP contribution in [0.25, 0.3) is 0 Å². The van der Waals surface area contributed by atoms with Crippen LogP contribution >= 0.6 is 0 Å². The number of allylic oxidation sites excluding steroid dienone is 1. The highest BCUT2D eigenvalue weighted by atomic mass is 19.1. The summed E-state index contributed by atoms with van der Waals surface area (Å²) in [6.07, 6.45) is 3.57. The van der Waals surface area contributed by atoms with Gasteiger partial charge in [0.1, 0.15) is 0 Å². The molecule has 1 aromatic carbocycles. The summed E-state index contributed by atoms with van der Waals surface area (Å²) in [5, 5.41) is 2.83. The normalized spacial score (nSPS) is 15.8. The fourth-order valence-corrected chi connectivity index (χ4v) is 2.01. The van der Waals surface area contributed by atoms with E-state index in [2.05, 4.69) is 5.32 Å². The molecule has 0 aromatic heterocycles. The van der Waals surface area contributed by atoms with Crippen LogP contribution in [0.2, 0.25) is 0 Å². The zero-order valence-corrected chi connectivity index (χ0v) is 11.6. The van der Waals surface area contributed by atoms with Gasteiger partial charge in [0.15, 0.2) is 17.3 Å². The average Bonchev–Trinajstić information content (AvgIpc) is 2.48. The maximum absolute atomic E-state index is 13.3. The summed E-state index contributed by atoms with van der Waals surface area (Å²) in [6.45, 7) is 2.39. The largest absolute Gasteiger partial charge is 0.494 e. The fourth-order valence-electron chi connectivity index (χ4n) is 2.01. The molecule has 1 unspecified atom stereocenters. The Morgan fingerprint density at radius 1 is 1.50 bits per heavy atom. The number of rotatable bonds is 4. The maximum Gasteiger partial charge on any atom is 0.286 e. The SMILES string of the molecule is COc1cc(C(C)NC(=O)C2=CCCCO2)ccc1F. The van der Waals surface area contributed by atoms with Crippen LogP contribution < -0.4 is 10.1 Å². The van der Waals surface area contributed by atoms with Gasteiger partial charge in [-0.3, -0.25) is 4.79 Å². The van der Waals surface area contributed by atoms with Crippen molar-refractivity contribution in [1.82, 2.24) is 5.32 Å². The lowest BCUT2D eigenvalue weighted by atomic mass is 10.1. The van der Waals surface area contributed by atoms with Gasteiger partial charge in [-0.15, -0.1) is 0 Å². The fraction of sp³-hybridized carbons (Fsp3) is 0.400. The molecular formula is C15H18FNO3.